The number of hydrogen-bond donors (Lipinski definition) is 1. The van der Waals surface area contributed by atoms with E-state index in [9.17, 15) is 9.18 Å². The number of likely N-dealkylation sites (tertiary alicyclic amines) is 1. The Morgan fingerprint density at radius 2 is 2.22 bits per heavy atom. The van der Waals surface area contributed by atoms with Gasteiger partial charge in [0.1, 0.15) is 5.82 Å². The van der Waals surface area contributed by atoms with Crippen molar-refractivity contribution in [1.82, 2.24) is 4.90 Å². The second kappa shape index (κ2) is 5.24. The number of benzene rings is 1. The molecule has 0 bridgehead atoms. The third-order valence-corrected chi connectivity index (χ3v) is 3.66. The lowest BCUT2D eigenvalue weighted by atomic mass is 9.96. The molecule has 2 unspecified atom stereocenters. The molecule has 1 aromatic rings. The van der Waals surface area contributed by atoms with Crippen molar-refractivity contribution in [2.24, 2.45) is 5.73 Å². The number of likely N-dealkylation sites (N-methyl/N-ethyl adjacent to an activating group) is 1. The molecule has 2 atom stereocenters. The highest BCUT2D eigenvalue weighted by Gasteiger charge is 2.31. The molecule has 0 saturated carbocycles. The van der Waals surface area contributed by atoms with Gasteiger partial charge in [-0.25, -0.2) is 4.39 Å². The van der Waals surface area contributed by atoms with Crippen LogP contribution >= 0.6 is 11.6 Å². The summed E-state index contributed by atoms with van der Waals surface area (Å²) in [7, 11) is 1.67. The summed E-state index contributed by atoms with van der Waals surface area (Å²) in [6.45, 7) is 0. The second-order valence-corrected chi connectivity index (χ2v) is 5.11. The highest BCUT2D eigenvalue weighted by atomic mass is 35.5. The summed E-state index contributed by atoms with van der Waals surface area (Å²) < 4.78 is 14.0. The van der Waals surface area contributed by atoms with E-state index in [4.69, 9.17) is 17.3 Å². The Bertz CT molecular complexity index is 466. The Kier molecular flexibility index (Phi) is 3.88. The largest absolute Gasteiger partial charge is 0.337 e. The Morgan fingerprint density at radius 1 is 1.50 bits per heavy atom. The predicted molar refractivity (Wildman–Crippen MR) is 68.7 cm³/mol. The van der Waals surface area contributed by atoms with Crippen LogP contribution in [-0.4, -0.2) is 23.9 Å². The minimum atomic E-state index is -0.419. The summed E-state index contributed by atoms with van der Waals surface area (Å²) >= 11 is 5.74. The molecule has 5 heteroatoms. The van der Waals surface area contributed by atoms with E-state index in [0.717, 1.165) is 6.42 Å². The van der Waals surface area contributed by atoms with E-state index in [1.54, 1.807) is 24.1 Å². The maximum atomic E-state index is 14.0. The van der Waals surface area contributed by atoms with Crippen LogP contribution in [0.1, 0.15) is 30.9 Å². The van der Waals surface area contributed by atoms with Crippen molar-refractivity contribution in [3.8, 4) is 0 Å². The minimum Gasteiger partial charge on any atom is -0.337 e. The maximum Gasteiger partial charge on any atom is 0.222 e. The third kappa shape index (κ3) is 2.49. The van der Waals surface area contributed by atoms with Crippen LogP contribution in [0.3, 0.4) is 0 Å². The molecule has 2 N–H and O–H groups in total. The smallest absolute Gasteiger partial charge is 0.222 e. The van der Waals surface area contributed by atoms with E-state index in [1.807, 2.05) is 0 Å². The van der Waals surface area contributed by atoms with Gasteiger partial charge in [0.25, 0.3) is 0 Å². The number of rotatable bonds is 1. The molecule has 3 nitrogen and oxygen atoms in total. The summed E-state index contributed by atoms with van der Waals surface area (Å²) in [6.07, 6.45) is 1.93. The zero-order valence-corrected chi connectivity index (χ0v) is 11.0. The zero-order valence-electron chi connectivity index (χ0n) is 10.2. The molecule has 0 aromatic heterocycles. The molecule has 0 aliphatic carbocycles. The fourth-order valence-corrected chi connectivity index (χ4v) is 2.60. The molecule has 1 amide bonds. The molecule has 98 valence electrons. The predicted octanol–water partition coefficient (Wildman–Crippen LogP) is 2.49. The summed E-state index contributed by atoms with van der Waals surface area (Å²) in [5.41, 5.74) is 6.51. The zero-order chi connectivity index (χ0) is 13.3. The van der Waals surface area contributed by atoms with Gasteiger partial charge in [-0.1, -0.05) is 17.7 Å². The van der Waals surface area contributed by atoms with Crippen molar-refractivity contribution in [3.05, 3.63) is 34.6 Å². The SMILES string of the molecule is CN1C(=O)CCCC(N)C1c1ccc(Cl)cc1F. The lowest BCUT2D eigenvalue weighted by molar-refractivity contribution is -0.131. The van der Waals surface area contributed by atoms with Gasteiger partial charge in [0.2, 0.25) is 5.91 Å². The Labute approximate surface area is 111 Å². The first kappa shape index (κ1) is 13.3. The molecule has 1 aromatic carbocycles. The van der Waals surface area contributed by atoms with Crippen molar-refractivity contribution in [1.29, 1.82) is 0 Å². The Balaban J connectivity index is 2.41. The number of carbonyl (C=O) groups is 1. The van der Waals surface area contributed by atoms with Gasteiger partial charge < -0.3 is 10.6 Å². The van der Waals surface area contributed by atoms with Gasteiger partial charge in [-0.2, -0.15) is 0 Å². The van der Waals surface area contributed by atoms with Crippen LogP contribution in [-0.2, 0) is 4.79 Å². The normalized spacial score (nSPS) is 25.1. The first-order chi connectivity index (χ1) is 8.50. The molecular formula is C13H16ClFN2O. The lowest BCUT2D eigenvalue weighted by Crippen LogP contribution is -2.40. The summed E-state index contributed by atoms with van der Waals surface area (Å²) in [4.78, 5) is 13.4. The van der Waals surface area contributed by atoms with E-state index in [1.165, 1.54) is 6.07 Å². The molecule has 1 fully saturated rings. The molecular weight excluding hydrogens is 255 g/mol. The van der Waals surface area contributed by atoms with E-state index in [2.05, 4.69) is 0 Å². The van der Waals surface area contributed by atoms with E-state index < -0.39 is 11.9 Å². The summed E-state index contributed by atoms with van der Waals surface area (Å²) in [5, 5.41) is 0.340. The van der Waals surface area contributed by atoms with Gasteiger partial charge in [-0.3, -0.25) is 4.79 Å². The average Bonchev–Trinajstić information content (AvgIpc) is 2.42. The number of halogens is 2. The summed E-state index contributed by atoms with van der Waals surface area (Å²) in [6, 6.07) is 3.81. The van der Waals surface area contributed by atoms with E-state index in [0.29, 0.717) is 23.4 Å². The lowest BCUT2D eigenvalue weighted by Gasteiger charge is -2.31. The first-order valence-corrected chi connectivity index (χ1v) is 6.34. The fraction of sp³-hybridized carbons (Fsp3) is 0.462. The van der Waals surface area contributed by atoms with Gasteiger partial charge in [0.15, 0.2) is 0 Å². The molecule has 18 heavy (non-hydrogen) atoms. The van der Waals surface area contributed by atoms with Gasteiger partial charge in [-0.05, 0) is 25.0 Å². The molecule has 0 spiro atoms. The number of amides is 1. The third-order valence-electron chi connectivity index (χ3n) is 3.43. The van der Waals surface area contributed by atoms with Crippen LogP contribution in [0.2, 0.25) is 5.02 Å². The number of hydrogen-bond acceptors (Lipinski definition) is 2. The fourth-order valence-electron chi connectivity index (χ4n) is 2.45. The van der Waals surface area contributed by atoms with Crippen molar-refractivity contribution in [2.75, 3.05) is 7.05 Å². The van der Waals surface area contributed by atoms with Crippen molar-refractivity contribution in [2.45, 2.75) is 31.3 Å². The second-order valence-electron chi connectivity index (χ2n) is 4.67. The topological polar surface area (TPSA) is 46.3 Å². The molecule has 1 saturated heterocycles. The van der Waals surface area contributed by atoms with Crippen molar-refractivity contribution in [3.63, 3.8) is 0 Å². The highest BCUT2D eigenvalue weighted by molar-refractivity contribution is 6.30. The average molecular weight is 271 g/mol. The number of nitrogens with zero attached hydrogens (tertiary/aromatic N) is 1. The molecule has 0 radical (unpaired) electrons. The standard InChI is InChI=1S/C13H16ClFN2O/c1-17-12(18)4-2-3-11(16)13(17)9-6-5-8(14)7-10(9)15/h5-7,11,13H,2-4,16H2,1H3. The van der Waals surface area contributed by atoms with Crippen LogP contribution in [0.25, 0.3) is 0 Å². The van der Waals surface area contributed by atoms with Crippen LogP contribution < -0.4 is 5.73 Å². The maximum absolute atomic E-state index is 14.0. The van der Waals surface area contributed by atoms with Gasteiger partial charge in [0, 0.05) is 30.1 Å². The minimum absolute atomic E-state index is 0.00213. The van der Waals surface area contributed by atoms with Gasteiger partial charge in [0.05, 0.1) is 6.04 Å². The van der Waals surface area contributed by atoms with Crippen molar-refractivity contribution < 1.29 is 9.18 Å². The number of nitrogens with two attached hydrogens (primary N) is 1. The van der Waals surface area contributed by atoms with E-state index >= 15 is 0 Å². The molecule has 1 aliphatic heterocycles. The van der Waals surface area contributed by atoms with Crippen molar-refractivity contribution >= 4 is 17.5 Å². The number of carbonyl (C=O) groups excluding carboxylic acids is 1. The van der Waals surface area contributed by atoms with Gasteiger partial charge in [-0.15, -0.1) is 0 Å². The Hall–Kier alpha value is -1.13. The first-order valence-electron chi connectivity index (χ1n) is 5.97. The molecule has 1 aliphatic rings. The van der Waals surface area contributed by atoms with E-state index in [-0.39, 0.29) is 11.9 Å². The highest BCUT2D eigenvalue weighted by Crippen LogP contribution is 2.31. The quantitative estimate of drug-likeness (QED) is 0.852. The van der Waals surface area contributed by atoms with Crippen LogP contribution in [0.4, 0.5) is 4.39 Å². The van der Waals surface area contributed by atoms with Gasteiger partial charge >= 0.3 is 0 Å². The molecule has 2 rings (SSSR count). The van der Waals surface area contributed by atoms with Crippen LogP contribution in [0, 0.1) is 5.82 Å². The van der Waals surface area contributed by atoms with Crippen LogP contribution in [0.15, 0.2) is 18.2 Å². The monoisotopic (exact) mass is 270 g/mol. The van der Waals surface area contributed by atoms with Crippen LogP contribution in [0.5, 0.6) is 0 Å². The Morgan fingerprint density at radius 3 is 2.89 bits per heavy atom. The molecule has 1 heterocycles. The summed E-state index contributed by atoms with van der Waals surface area (Å²) in [5.74, 6) is -0.410.